The van der Waals surface area contributed by atoms with Crippen molar-refractivity contribution in [2.45, 2.75) is 11.8 Å². The van der Waals surface area contributed by atoms with E-state index in [1.54, 1.807) is 17.5 Å². The molecule has 20 heavy (non-hydrogen) atoms. The summed E-state index contributed by atoms with van der Waals surface area (Å²) in [5.74, 6) is -0.715. The third-order valence-electron chi connectivity index (χ3n) is 2.72. The molecule has 0 atom stereocenters. The van der Waals surface area contributed by atoms with Gasteiger partial charge >= 0.3 is 5.97 Å². The van der Waals surface area contributed by atoms with E-state index in [1.807, 2.05) is 19.1 Å². The number of hydrogen-bond acceptors (Lipinski definition) is 5. The van der Waals surface area contributed by atoms with Crippen LogP contribution in [0, 0.1) is 6.92 Å². The van der Waals surface area contributed by atoms with Crippen LogP contribution in [-0.2, 0) is 13.8 Å². The summed E-state index contributed by atoms with van der Waals surface area (Å²) < 4.78 is 28.1. The van der Waals surface area contributed by atoms with Crippen molar-refractivity contribution in [3.63, 3.8) is 0 Å². The van der Waals surface area contributed by atoms with Crippen LogP contribution in [-0.4, -0.2) is 21.5 Å². The van der Waals surface area contributed by atoms with Crippen molar-refractivity contribution in [1.29, 1.82) is 0 Å². The monoisotopic (exact) mass is 330 g/mol. The molecule has 0 aliphatic carbocycles. The number of hydrogen-bond donors (Lipinski definition) is 0. The minimum atomic E-state index is -4.05. The number of esters is 1. The molecule has 0 amide bonds. The predicted octanol–water partition coefficient (Wildman–Crippen LogP) is 3.44. The lowest BCUT2D eigenvalue weighted by atomic mass is 10.1. The zero-order valence-corrected chi connectivity index (χ0v) is 13.1. The summed E-state index contributed by atoms with van der Waals surface area (Å²) in [7, 11) is 2.60. The van der Waals surface area contributed by atoms with Crippen LogP contribution in [0.3, 0.4) is 0 Å². The second-order valence-corrected chi connectivity index (χ2v) is 7.49. The molecule has 0 fully saturated rings. The van der Waals surface area contributed by atoms with Gasteiger partial charge in [-0.3, -0.25) is 0 Å². The van der Waals surface area contributed by atoms with Crippen molar-refractivity contribution in [3.05, 3.63) is 40.1 Å². The highest BCUT2D eigenvalue weighted by atomic mass is 35.7. The second-order valence-electron chi connectivity index (χ2n) is 4.10. The number of aryl methyl sites for hydroxylation is 1. The maximum Gasteiger partial charge on any atom is 0.349 e. The number of benzene rings is 1. The first-order valence-electron chi connectivity index (χ1n) is 5.56. The lowest BCUT2D eigenvalue weighted by Gasteiger charge is -2.04. The first-order valence-corrected chi connectivity index (χ1v) is 8.75. The Morgan fingerprint density at radius 3 is 2.35 bits per heavy atom. The van der Waals surface area contributed by atoms with E-state index in [1.165, 1.54) is 7.11 Å². The molecule has 1 aromatic heterocycles. The summed E-state index contributed by atoms with van der Waals surface area (Å²) in [5, 5.41) is 1.59. The molecule has 0 N–H and O–H groups in total. The molecular formula is C13H11ClO4S2. The SMILES string of the molecule is COC(=O)c1scc(-c2ccc(C)cc2)c1S(=O)(=O)Cl. The van der Waals surface area contributed by atoms with E-state index in [2.05, 4.69) is 4.74 Å². The molecule has 1 heterocycles. The number of thiophene rings is 1. The molecule has 4 nitrogen and oxygen atoms in total. The van der Waals surface area contributed by atoms with Gasteiger partial charge in [-0.25, -0.2) is 13.2 Å². The summed E-state index contributed by atoms with van der Waals surface area (Å²) in [6.45, 7) is 1.93. The third kappa shape index (κ3) is 2.87. The molecule has 0 bridgehead atoms. The third-order valence-corrected chi connectivity index (χ3v) is 5.19. The fraction of sp³-hybridized carbons (Fsp3) is 0.154. The van der Waals surface area contributed by atoms with Crippen molar-refractivity contribution in [2.24, 2.45) is 0 Å². The smallest absolute Gasteiger partial charge is 0.349 e. The molecule has 0 saturated heterocycles. The van der Waals surface area contributed by atoms with Crippen molar-refractivity contribution in [3.8, 4) is 11.1 Å². The first kappa shape index (κ1) is 15.0. The van der Waals surface area contributed by atoms with Crippen LogP contribution < -0.4 is 0 Å². The summed E-state index contributed by atoms with van der Waals surface area (Å²) in [6, 6.07) is 7.28. The molecular weight excluding hydrogens is 320 g/mol. The van der Waals surface area contributed by atoms with Gasteiger partial charge in [-0.15, -0.1) is 11.3 Å². The van der Waals surface area contributed by atoms with Crippen molar-refractivity contribution in [1.82, 2.24) is 0 Å². The number of halogens is 1. The maximum atomic E-state index is 11.8. The Hall–Kier alpha value is -1.37. The van der Waals surface area contributed by atoms with Gasteiger partial charge in [0.25, 0.3) is 9.05 Å². The Morgan fingerprint density at radius 2 is 1.85 bits per heavy atom. The van der Waals surface area contributed by atoms with E-state index >= 15 is 0 Å². The minimum absolute atomic E-state index is 0.0157. The molecule has 0 unspecified atom stereocenters. The van der Waals surface area contributed by atoms with Crippen LogP contribution in [0.4, 0.5) is 0 Å². The van der Waals surface area contributed by atoms with Gasteiger partial charge < -0.3 is 4.74 Å². The fourth-order valence-corrected chi connectivity index (χ4v) is 4.55. The van der Waals surface area contributed by atoms with Gasteiger partial charge in [0.05, 0.1) is 7.11 Å². The van der Waals surface area contributed by atoms with Crippen LogP contribution in [0.5, 0.6) is 0 Å². The van der Waals surface area contributed by atoms with Crippen LogP contribution in [0.1, 0.15) is 15.2 Å². The molecule has 2 rings (SSSR count). The molecule has 0 aliphatic rings. The summed E-state index contributed by atoms with van der Waals surface area (Å²) in [6.07, 6.45) is 0. The number of carbonyl (C=O) groups excluding carboxylic acids is 1. The van der Waals surface area contributed by atoms with Crippen LogP contribution in [0.25, 0.3) is 11.1 Å². The Kier molecular flexibility index (Phi) is 4.17. The van der Waals surface area contributed by atoms with Crippen LogP contribution >= 0.6 is 22.0 Å². The van der Waals surface area contributed by atoms with Gasteiger partial charge in [0, 0.05) is 21.6 Å². The van der Waals surface area contributed by atoms with E-state index < -0.39 is 15.0 Å². The van der Waals surface area contributed by atoms with Gasteiger partial charge in [-0.2, -0.15) is 0 Å². The van der Waals surface area contributed by atoms with Gasteiger partial charge in [0.2, 0.25) is 0 Å². The fourth-order valence-electron chi connectivity index (χ4n) is 1.76. The molecule has 0 saturated carbocycles. The second kappa shape index (κ2) is 5.55. The molecule has 1 aromatic carbocycles. The standard InChI is InChI=1S/C13H11ClO4S2/c1-8-3-5-9(6-4-8)10-7-19-11(13(15)18-2)12(10)20(14,16)17/h3-7H,1-2H3. The lowest BCUT2D eigenvalue weighted by molar-refractivity contribution is 0.0602. The highest BCUT2D eigenvalue weighted by Crippen LogP contribution is 2.37. The Balaban J connectivity index is 2.69. The van der Waals surface area contributed by atoms with Gasteiger partial charge in [-0.1, -0.05) is 29.8 Å². The number of rotatable bonds is 3. The Bertz CT molecular complexity index is 745. The zero-order valence-electron chi connectivity index (χ0n) is 10.7. The summed E-state index contributed by atoms with van der Waals surface area (Å²) in [4.78, 5) is 11.4. The summed E-state index contributed by atoms with van der Waals surface area (Å²) in [5.41, 5.74) is 2.14. The van der Waals surface area contributed by atoms with Crippen molar-refractivity contribution < 1.29 is 17.9 Å². The molecule has 7 heteroatoms. The molecule has 106 valence electrons. The number of carbonyl (C=O) groups is 1. The van der Waals surface area contributed by atoms with E-state index in [0.717, 1.165) is 16.9 Å². The molecule has 0 radical (unpaired) electrons. The number of ether oxygens (including phenoxy) is 1. The highest BCUT2D eigenvalue weighted by molar-refractivity contribution is 8.14. The average Bonchev–Trinajstić information content (AvgIpc) is 2.83. The first-order chi connectivity index (χ1) is 9.34. The minimum Gasteiger partial charge on any atom is -0.465 e. The number of methoxy groups -OCH3 is 1. The van der Waals surface area contributed by atoms with Gasteiger partial charge in [0.1, 0.15) is 9.77 Å². The lowest BCUT2D eigenvalue weighted by Crippen LogP contribution is -2.04. The molecule has 2 aromatic rings. The maximum absolute atomic E-state index is 11.8. The van der Waals surface area contributed by atoms with E-state index in [9.17, 15) is 13.2 Å². The van der Waals surface area contributed by atoms with E-state index in [0.29, 0.717) is 11.1 Å². The predicted molar refractivity (Wildman–Crippen MR) is 78.9 cm³/mol. The topological polar surface area (TPSA) is 60.4 Å². The Morgan fingerprint density at radius 1 is 1.25 bits per heavy atom. The van der Waals surface area contributed by atoms with Gasteiger partial charge in [-0.05, 0) is 12.5 Å². The highest BCUT2D eigenvalue weighted by Gasteiger charge is 2.28. The molecule has 0 spiro atoms. The molecule has 0 aliphatic heterocycles. The summed E-state index contributed by atoms with van der Waals surface area (Å²) >= 11 is 0.997. The normalized spacial score (nSPS) is 11.3. The van der Waals surface area contributed by atoms with E-state index in [4.69, 9.17) is 10.7 Å². The quantitative estimate of drug-likeness (QED) is 0.639. The largest absolute Gasteiger partial charge is 0.465 e. The Labute approximate surface area is 125 Å². The van der Waals surface area contributed by atoms with Crippen molar-refractivity contribution in [2.75, 3.05) is 7.11 Å². The zero-order chi connectivity index (χ0) is 14.9. The van der Waals surface area contributed by atoms with Crippen molar-refractivity contribution >= 4 is 37.0 Å². The van der Waals surface area contributed by atoms with Gasteiger partial charge in [0.15, 0.2) is 0 Å². The van der Waals surface area contributed by atoms with Crippen LogP contribution in [0.15, 0.2) is 34.5 Å². The van der Waals surface area contributed by atoms with E-state index in [-0.39, 0.29) is 9.77 Å². The van der Waals surface area contributed by atoms with Crippen LogP contribution in [0.2, 0.25) is 0 Å². The average molecular weight is 331 g/mol.